The molecule has 0 saturated carbocycles. The number of nitro groups is 1. The number of nitrogens with zero attached hydrogens (tertiary/aromatic N) is 3. The standard InChI is InChI=1S/C25H19N3O7/c29-23(17-4-5-19-20(13-17)35-11-10-34-19)21-22(16-2-1-3-18(12-16)28(32)33)27(25(31)24(21)30)14-15-6-8-26-9-7-15/h1-9,12-13,22,29H,10-11,14H2/b23-21+. The number of ether oxygens (including phenoxy) is 2. The number of pyridine rings is 1. The molecule has 10 nitrogen and oxygen atoms in total. The first-order chi connectivity index (χ1) is 16.9. The first kappa shape index (κ1) is 22.1. The van der Waals surface area contributed by atoms with Crippen molar-refractivity contribution in [3.63, 3.8) is 0 Å². The van der Waals surface area contributed by atoms with Gasteiger partial charge in [-0.3, -0.25) is 24.7 Å². The Labute approximate surface area is 199 Å². The van der Waals surface area contributed by atoms with E-state index in [1.54, 1.807) is 42.7 Å². The summed E-state index contributed by atoms with van der Waals surface area (Å²) in [5, 5.41) is 22.7. The quantitative estimate of drug-likeness (QED) is 0.196. The van der Waals surface area contributed by atoms with E-state index in [4.69, 9.17) is 9.47 Å². The Morgan fingerprint density at radius 1 is 1.06 bits per heavy atom. The summed E-state index contributed by atoms with van der Waals surface area (Å²) in [6.45, 7) is 0.769. The number of amides is 1. The summed E-state index contributed by atoms with van der Waals surface area (Å²) in [4.78, 5) is 42.4. The van der Waals surface area contributed by atoms with E-state index < -0.39 is 28.4 Å². The van der Waals surface area contributed by atoms with Crippen LogP contribution in [-0.2, 0) is 16.1 Å². The fraction of sp³-hybridized carbons (Fsp3) is 0.160. The minimum Gasteiger partial charge on any atom is -0.507 e. The number of nitro benzene ring substituents is 1. The van der Waals surface area contributed by atoms with E-state index in [1.165, 1.54) is 29.2 Å². The topological polar surface area (TPSA) is 132 Å². The predicted octanol–water partition coefficient (Wildman–Crippen LogP) is 3.38. The van der Waals surface area contributed by atoms with Gasteiger partial charge >= 0.3 is 0 Å². The second-order valence-electron chi connectivity index (χ2n) is 7.99. The Balaban J connectivity index is 1.65. The number of carbonyl (C=O) groups excluding carboxylic acids is 2. The fourth-order valence-electron chi connectivity index (χ4n) is 4.23. The fourth-order valence-corrected chi connectivity index (χ4v) is 4.23. The largest absolute Gasteiger partial charge is 0.507 e. The van der Waals surface area contributed by atoms with E-state index in [-0.39, 0.29) is 23.4 Å². The van der Waals surface area contributed by atoms with Crippen LogP contribution in [0.4, 0.5) is 5.69 Å². The van der Waals surface area contributed by atoms with Crippen molar-refractivity contribution in [3.8, 4) is 11.5 Å². The lowest BCUT2D eigenvalue weighted by atomic mass is 9.94. The summed E-state index contributed by atoms with van der Waals surface area (Å²) in [5.74, 6) is -1.21. The van der Waals surface area contributed by atoms with Crippen molar-refractivity contribution in [1.29, 1.82) is 0 Å². The van der Waals surface area contributed by atoms with Gasteiger partial charge in [0, 0.05) is 36.6 Å². The molecule has 1 aromatic heterocycles. The summed E-state index contributed by atoms with van der Waals surface area (Å²) in [6, 6.07) is 12.7. The number of non-ortho nitro benzene ring substituents is 1. The van der Waals surface area contributed by atoms with Crippen molar-refractivity contribution < 1.29 is 29.1 Å². The second-order valence-corrected chi connectivity index (χ2v) is 7.99. The molecule has 0 bridgehead atoms. The SMILES string of the molecule is O=C1C(=O)N(Cc2ccncc2)C(c2cccc([N+](=O)[O-])c2)/C1=C(\O)c1ccc2c(c1)OCCO2. The van der Waals surface area contributed by atoms with Gasteiger partial charge < -0.3 is 19.5 Å². The first-order valence-electron chi connectivity index (χ1n) is 10.8. The van der Waals surface area contributed by atoms with Crippen LogP contribution in [0, 0.1) is 10.1 Å². The average molecular weight is 473 g/mol. The number of aliphatic hydroxyl groups excluding tert-OH is 1. The predicted molar refractivity (Wildman–Crippen MR) is 123 cm³/mol. The van der Waals surface area contributed by atoms with E-state index >= 15 is 0 Å². The zero-order valence-corrected chi connectivity index (χ0v) is 18.3. The Morgan fingerprint density at radius 2 is 1.80 bits per heavy atom. The third kappa shape index (κ3) is 4.05. The van der Waals surface area contributed by atoms with Crippen LogP contribution in [0.15, 0.2) is 72.6 Å². The van der Waals surface area contributed by atoms with Crippen molar-refractivity contribution >= 4 is 23.1 Å². The molecule has 0 spiro atoms. The van der Waals surface area contributed by atoms with Crippen LogP contribution >= 0.6 is 0 Å². The van der Waals surface area contributed by atoms with Crippen LogP contribution in [0.25, 0.3) is 5.76 Å². The number of likely N-dealkylation sites (tertiary alicyclic amines) is 1. The van der Waals surface area contributed by atoms with Gasteiger partial charge in [-0.25, -0.2) is 0 Å². The molecule has 1 fully saturated rings. The van der Waals surface area contributed by atoms with E-state index in [0.717, 1.165) is 0 Å². The number of aliphatic hydroxyl groups is 1. The van der Waals surface area contributed by atoms with E-state index in [1.807, 2.05) is 0 Å². The molecule has 2 aliphatic heterocycles. The molecule has 1 saturated heterocycles. The molecule has 1 atom stereocenters. The molecular weight excluding hydrogens is 454 g/mol. The van der Waals surface area contributed by atoms with Gasteiger partial charge in [0.05, 0.1) is 16.5 Å². The summed E-state index contributed by atoms with van der Waals surface area (Å²) in [7, 11) is 0. The summed E-state index contributed by atoms with van der Waals surface area (Å²) in [6.07, 6.45) is 3.12. The molecule has 1 N–H and O–H groups in total. The number of benzene rings is 2. The van der Waals surface area contributed by atoms with Gasteiger partial charge in [-0.1, -0.05) is 12.1 Å². The maximum Gasteiger partial charge on any atom is 0.295 e. The smallest absolute Gasteiger partial charge is 0.295 e. The molecule has 5 rings (SSSR count). The summed E-state index contributed by atoms with van der Waals surface area (Å²) >= 11 is 0. The van der Waals surface area contributed by atoms with Gasteiger partial charge in [-0.15, -0.1) is 0 Å². The highest BCUT2D eigenvalue weighted by molar-refractivity contribution is 6.46. The lowest BCUT2D eigenvalue weighted by Gasteiger charge is -2.25. The number of hydrogen-bond acceptors (Lipinski definition) is 8. The van der Waals surface area contributed by atoms with Crippen LogP contribution in [0.2, 0.25) is 0 Å². The Kier molecular flexibility index (Phi) is 5.61. The molecule has 2 aliphatic rings. The molecule has 0 aliphatic carbocycles. The summed E-state index contributed by atoms with van der Waals surface area (Å²) < 4.78 is 11.1. The Hall–Kier alpha value is -4.73. The van der Waals surface area contributed by atoms with Crippen LogP contribution in [0.1, 0.15) is 22.7 Å². The number of rotatable bonds is 5. The number of Topliss-reactive ketones (excluding diaryl/α,β-unsaturated/α-hetero) is 1. The highest BCUT2D eigenvalue weighted by atomic mass is 16.6. The maximum absolute atomic E-state index is 13.2. The minimum atomic E-state index is -1.05. The zero-order chi connectivity index (χ0) is 24.5. The van der Waals surface area contributed by atoms with Crippen LogP contribution in [-0.4, -0.2) is 44.8 Å². The third-order valence-electron chi connectivity index (χ3n) is 5.85. The maximum atomic E-state index is 13.2. The molecule has 3 heterocycles. The highest BCUT2D eigenvalue weighted by Crippen LogP contribution is 2.42. The summed E-state index contributed by atoms with van der Waals surface area (Å²) in [5.41, 5.74) is 0.923. The van der Waals surface area contributed by atoms with E-state index in [9.17, 15) is 24.8 Å². The highest BCUT2D eigenvalue weighted by Gasteiger charge is 2.46. The van der Waals surface area contributed by atoms with Crippen molar-refractivity contribution in [1.82, 2.24) is 9.88 Å². The Morgan fingerprint density at radius 3 is 2.54 bits per heavy atom. The van der Waals surface area contributed by atoms with Crippen molar-refractivity contribution in [3.05, 3.63) is 99.4 Å². The van der Waals surface area contributed by atoms with Gasteiger partial charge in [0.1, 0.15) is 19.0 Å². The van der Waals surface area contributed by atoms with Crippen LogP contribution < -0.4 is 9.47 Å². The van der Waals surface area contributed by atoms with Gasteiger partial charge in [-0.2, -0.15) is 0 Å². The van der Waals surface area contributed by atoms with Crippen molar-refractivity contribution in [2.75, 3.05) is 13.2 Å². The second kappa shape index (κ2) is 8.90. The van der Waals surface area contributed by atoms with Gasteiger partial charge in [0.25, 0.3) is 17.4 Å². The lowest BCUT2D eigenvalue weighted by molar-refractivity contribution is -0.384. The van der Waals surface area contributed by atoms with Crippen molar-refractivity contribution in [2.24, 2.45) is 0 Å². The number of fused-ring (bicyclic) bond motifs is 1. The molecule has 1 amide bonds. The molecule has 2 aromatic carbocycles. The minimum absolute atomic E-state index is 0.0401. The molecule has 10 heteroatoms. The third-order valence-corrected chi connectivity index (χ3v) is 5.85. The lowest BCUT2D eigenvalue weighted by Crippen LogP contribution is -2.29. The van der Waals surface area contributed by atoms with Gasteiger partial charge in [-0.05, 0) is 41.5 Å². The van der Waals surface area contributed by atoms with Gasteiger partial charge in [0.2, 0.25) is 0 Å². The molecule has 0 radical (unpaired) electrons. The van der Waals surface area contributed by atoms with E-state index in [2.05, 4.69) is 4.98 Å². The number of carbonyl (C=O) groups is 2. The van der Waals surface area contributed by atoms with Crippen molar-refractivity contribution in [2.45, 2.75) is 12.6 Å². The Bertz CT molecular complexity index is 1370. The monoisotopic (exact) mass is 473 g/mol. The number of aromatic nitrogens is 1. The number of hydrogen-bond donors (Lipinski definition) is 1. The average Bonchev–Trinajstić information content (AvgIpc) is 3.13. The number of ketones is 1. The zero-order valence-electron chi connectivity index (χ0n) is 18.3. The molecular formula is C25H19N3O7. The molecule has 35 heavy (non-hydrogen) atoms. The van der Waals surface area contributed by atoms with Crippen LogP contribution in [0.3, 0.4) is 0 Å². The first-order valence-corrected chi connectivity index (χ1v) is 10.8. The molecule has 176 valence electrons. The molecule has 3 aromatic rings. The van der Waals surface area contributed by atoms with Gasteiger partial charge in [0.15, 0.2) is 11.5 Å². The molecule has 1 unspecified atom stereocenters. The van der Waals surface area contributed by atoms with E-state index in [0.29, 0.717) is 35.8 Å². The normalized spacial score (nSPS) is 18.5. The van der Waals surface area contributed by atoms with Crippen LogP contribution in [0.5, 0.6) is 11.5 Å².